The lowest BCUT2D eigenvalue weighted by Gasteiger charge is -2.28. The predicted octanol–water partition coefficient (Wildman–Crippen LogP) is 3.61. The number of hydrogen-bond donors (Lipinski definition) is 1. The van der Waals surface area contributed by atoms with Gasteiger partial charge in [-0.15, -0.1) is 0 Å². The van der Waals surface area contributed by atoms with Crippen molar-refractivity contribution in [3.63, 3.8) is 0 Å². The third kappa shape index (κ3) is 7.32. The Balaban J connectivity index is 1.31. The predicted molar refractivity (Wildman–Crippen MR) is 153 cm³/mol. The molecule has 214 valence electrons. The number of anilines is 1. The van der Waals surface area contributed by atoms with E-state index in [1.165, 1.54) is 23.4 Å². The topological polar surface area (TPSA) is 122 Å². The minimum Gasteiger partial charge on any atom is -0.492 e. The van der Waals surface area contributed by atoms with E-state index in [-0.39, 0.29) is 18.0 Å². The van der Waals surface area contributed by atoms with Gasteiger partial charge in [-0.1, -0.05) is 18.2 Å². The van der Waals surface area contributed by atoms with E-state index in [4.69, 9.17) is 9.47 Å². The van der Waals surface area contributed by atoms with Crippen LogP contribution < -0.4 is 19.1 Å². The quantitative estimate of drug-likeness (QED) is 0.321. The molecule has 0 spiro atoms. The number of rotatable bonds is 12. The average Bonchev–Trinajstić information content (AvgIpc) is 3.48. The normalized spacial score (nSPS) is 14.8. The third-order valence-electron chi connectivity index (χ3n) is 6.36. The first-order valence-corrected chi connectivity index (χ1v) is 16.2. The van der Waals surface area contributed by atoms with Gasteiger partial charge in [-0.05, 0) is 80.4 Å². The van der Waals surface area contributed by atoms with E-state index >= 15 is 0 Å². The summed E-state index contributed by atoms with van der Waals surface area (Å²) in [4.78, 5) is 13.0. The van der Waals surface area contributed by atoms with Crippen molar-refractivity contribution in [2.45, 2.75) is 30.7 Å². The zero-order valence-electron chi connectivity index (χ0n) is 22.4. The molecule has 0 unspecified atom stereocenters. The molecule has 1 fully saturated rings. The van der Waals surface area contributed by atoms with Gasteiger partial charge in [-0.2, -0.15) is 4.31 Å². The molecule has 1 N–H and O–H groups in total. The van der Waals surface area contributed by atoms with Gasteiger partial charge in [0.25, 0.3) is 0 Å². The summed E-state index contributed by atoms with van der Waals surface area (Å²) >= 11 is 0. The van der Waals surface area contributed by atoms with Gasteiger partial charge < -0.3 is 14.8 Å². The molecule has 0 saturated carbocycles. The molecule has 0 aliphatic carbocycles. The molecule has 10 nitrogen and oxygen atoms in total. The maximum atomic E-state index is 12.8. The van der Waals surface area contributed by atoms with E-state index in [1.54, 1.807) is 36.4 Å². The number of sulfonamides is 2. The van der Waals surface area contributed by atoms with Crippen LogP contribution in [0.25, 0.3) is 0 Å². The molecule has 1 heterocycles. The zero-order chi connectivity index (χ0) is 28.8. The molecule has 4 rings (SSSR count). The van der Waals surface area contributed by atoms with Crippen molar-refractivity contribution in [1.82, 2.24) is 9.62 Å². The lowest BCUT2D eigenvalue weighted by molar-refractivity contribution is -0.121. The van der Waals surface area contributed by atoms with Gasteiger partial charge in [0.1, 0.15) is 29.9 Å². The van der Waals surface area contributed by atoms with Gasteiger partial charge in [0.2, 0.25) is 26.0 Å². The smallest absolute Gasteiger partial charge is 0.243 e. The van der Waals surface area contributed by atoms with Crippen LogP contribution in [0.5, 0.6) is 17.2 Å². The number of ether oxygens (including phenoxy) is 2. The highest BCUT2D eigenvalue weighted by atomic mass is 32.2. The first-order chi connectivity index (χ1) is 19.1. The second-order valence-electron chi connectivity index (χ2n) is 9.37. The Kier molecular flexibility index (Phi) is 9.33. The van der Waals surface area contributed by atoms with Crippen molar-refractivity contribution in [3.05, 3.63) is 78.9 Å². The maximum Gasteiger partial charge on any atom is 0.243 e. The zero-order valence-corrected chi connectivity index (χ0v) is 24.0. The molecule has 1 amide bonds. The average molecular weight is 588 g/mol. The highest BCUT2D eigenvalue weighted by molar-refractivity contribution is 7.92. The second-order valence-corrected chi connectivity index (χ2v) is 13.2. The van der Waals surface area contributed by atoms with Crippen LogP contribution in [0.4, 0.5) is 5.69 Å². The molecule has 3 aromatic rings. The van der Waals surface area contributed by atoms with Crippen LogP contribution in [0.1, 0.15) is 19.8 Å². The summed E-state index contributed by atoms with van der Waals surface area (Å²) in [6, 6.07) is 20.8. The second kappa shape index (κ2) is 12.7. The van der Waals surface area contributed by atoms with Crippen molar-refractivity contribution in [2.24, 2.45) is 0 Å². The Hall–Kier alpha value is -3.61. The number of amides is 1. The Morgan fingerprint density at radius 2 is 1.45 bits per heavy atom. The van der Waals surface area contributed by atoms with E-state index in [2.05, 4.69) is 5.32 Å². The van der Waals surface area contributed by atoms with E-state index < -0.39 is 32.0 Å². The van der Waals surface area contributed by atoms with Gasteiger partial charge in [-0.25, -0.2) is 16.8 Å². The van der Waals surface area contributed by atoms with Crippen molar-refractivity contribution in [3.8, 4) is 17.2 Å². The van der Waals surface area contributed by atoms with Gasteiger partial charge in [-0.3, -0.25) is 9.10 Å². The Bertz CT molecular complexity index is 1490. The van der Waals surface area contributed by atoms with Crippen molar-refractivity contribution >= 4 is 31.6 Å². The van der Waals surface area contributed by atoms with Crippen molar-refractivity contribution in [2.75, 3.05) is 36.8 Å². The van der Waals surface area contributed by atoms with E-state index in [0.29, 0.717) is 36.0 Å². The van der Waals surface area contributed by atoms with Gasteiger partial charge >= 0.3 is 0 Å². The summed E-state index contributed by atoms with van der Waals surface area (Å²) in [6.07, 6.45) is 2.77. The van der Waals surface area contributed by atoms with E-state index in [9.17, 15) is 21.6 Å². The summed E-state index contributed by atoms with van der Waals surface area (Å²) in [5.41, 5.74) is 0.325. The summed E-state index contributed by atoms with van der Waals surface area (Å²) in [5, 5.41) is 2.69. The van der Waals surface area contributed by atoms with Crippen LogP contribution in [0.2, 0.25) is 0 Å². The first kappa shape index (κ1) is 29.4. The largest absolute Gasteiger partial charge is 0.492 e. The molecule has 40 heavy (non-hydrogen) atoms. The van der Waals surface area contributed by atoms with Gasteiger partial charge in [0.15, 0.2) is 0 Å². The molecule has 0 radical (unpaired) electrons. The fourth-order valence-corrected chi connectivity index (χ4v) is 7.06. The highest BCUT2D eigenvalue weighted by Gasteiger charge is 2.29. The number of nitrogens with zero attached hydrogens (tertiary/aromatic N) is 2. The molecule has 1 atom stereocenters. The van der Waals surface area contributed by atoms with Gasteiger partial charge in [0.05, 0.1) is 23.4 Å². The monoisotopic (exact) mass is 587 g/mol. The standard InChI is InChI=1S/C28H33N3O7S2/c1-22(31(39(2,33)34)23-10-12-26(13-11-23)38-25-8-4-3-5-9-25)28(32)29-18-21-37-24-14-16-27(17-15-24)40(35,36)30-19-6-7-20-30/h3-5,8-17,22H,6-7,18-21H2,1-2H3,(H,29,32)/t22-/m0/s1. The number of benzene rings is 3. The maximum absolute atomic E-state index is 12.8. The summed E-state index contributed by atoms with van der Waals surface area (Å²) in [6.45, 7) is 2.80. The van der Waals surface area contributed by atoms with E-state index in [1.807, 2.05) is 30.3 Å². The molecule has 1 saturated heterocycles. The SMILES string of the molecule is C[C@@H](C(=O)NCCOc1ccc(S(=O)(=O)N2CCCC2)cc1)N(c1ccc(Oc2ccccc2)cc1)S(C)(=O)=O. The molecule has 1 aliphatic heterocycles. The summed E-state index contributed by atoms with van der Waals surface area (Å²) < 4.78 is 64.4. The molecule has 0 bridgehead atoms. The van der Waals surface area contributed by atoms with Crippen molar-refractivity contribution in [1.29, 1.82) is 0 Å². The highest BCUT2D eigenvalue weighted by Crippen LogP contribution is 2.27. The summed E-state index contributed by atoms with van der Waals surface area (Å²) in [5.74, 6) is 1.14. The molecule has 12 heteroatoms. The van der Waals surface area contributed by atoms with E-state index in [0.717, 1.165) is 23.4 Å². The van der Waals surface area contributed by atoms with Crippen LogP contribution in [0, 0.1) is 0 Å². The van der Waals surface area contributed by atoms with Crippen LogP contribution in [0.3, 0.4) is 0 Å². The van der Waals surface area contributed by atoms with Crippen LogP contribution in [-0.2, 0) is 24.8 Å². The third-order valence-corrected chi connectivity index (χ3v) is 9.51. The summed E-state index contributed by atoms with van der Waals surface area (Å²) in [7, 11) is -7.28. The number of hydrogen-bond acceptors (Lipinski definition) is 7. The van der Waals surface area contributed by atoms with Crippen LogP contribution in [0.15, 0.2) is 83.8 Å². The molecular formula is C28H33N3O7S2. The Morgan fingerprint density at radius 3 is 2.05 bits per heavy atom. The fraction of sp³-hybridized carbons (Fsp3) is 0.321. The minimum absolute atomic E-state index is 0.112. The molecule has 0 aromatic heterocycles. The van der Waals surface area contributed by atoms with Crippen molar-refractivity contribution < 1.29 is 31.1 Å². The number of carbonyl (C=O) groups excluding carboxylic acids is 1. The first-order valence-electron chi connectivity index (χ1n) is 12.9. The number of para-hydroxylation sites is 1. The van der Waals surface area contributed by atoms with Gasteiger partial charge in [0, 0.05) is 13.1 Å². The Labute approximate surface area is 235 Å². The fourth-order valence-electron chi connectivity index (χ4n) is 4.37. The Morgan fingerprint density at radius 1 is 0.875 bits per heavy atom. The number of nitrogens with one attached hydrogen (secondary N) is 1. The van der Waals surface area contributed by atoms with Crippen LogP contribution in [-0.4, -0.2) is 65.6 Å². The number of carbonyl (C=O) groups is 1. The molecular weight excluding hydrogens is 554 g/mol. The molecule has 3 aromatic carbocycles. The minimum atomic E-state index is -3.78. The lowest BCUT2D eigenvalue weighted by atomic mass is 10.2. The lowest BCUT2D eigenvalue weighted by Crippen LogP contribution is -2.48. The molecule has 1 aliphatic rings. The van der Waals surface area contributed by atoms with Crippen LogP contribution >= 0.6 is 0 Å².